The van der Waals surface area contributed by atoms with E-state index >= 15 is 0 Å². The number of hydrogen-bond acceptors (Lipinski definition) is 3. The average molecular weight is 376 g/mol. The number of carbonyl (C=O) groups is 1. The van der Waals surface area contributed by atoms with E-state index in [0.717, 1.165) is 23.3 Å². The molecule has 2 aromatic carbocycles. The third-order valence-electron chi connectivity index (χ3n) is 4.45. The van der Waals surface area contributed by atoms with Crippen LogP contribution < -0.4 is 0 Å². The van der Waals surface area contributed by atoms with Crippen molar-refractivity contribution < 1.29 is 17.6 Å². The van der Waals surface area contributed by atoms with E-state index in [0.29, 0.717) is 18.7 Å². The van der Waals surface area contributed by atoms with Crippen LogP contribution in [0.1, 0.15) is 21.5 Å². The summed E-state index contributed by atoms with van der Waals surface area (Å²) in [6.45, 7) is 4.97. The first-order valence-corrected chi connectivity index (χ1v) is 9.85. The summed E-state index contributed by atoms with van der Waals surface area (Å²) in [5.74, 6) is -0.566. The SMILES string of the molecule is Cc1cc(C)cc(C(=O)N2CCN(S(=O)(=O)c3ccc(F)cc3)CC2)c1. The van der Waals surface area contributed by atoms with Gasteiger partial charge in [0.1, 0.15) is 5.82 Å². The number of halogens is 1. The Labute approximate surface area is 153 Å². The van der Waals surface area contributed by atoms with E-state index in [1.54, 1.807) is 4.90 Å². The van der Waals surface area contributed by atoms with Gasteiger partial charge in [0.05, 0.1) is 4.90 Å². The molecule has 0 spiro atoms. The molecular formula is C19H21FN2O3S. The van der Waals surface area contributed by atoms with Crippen LogP contribution in [-0.4, -0.2) is 49.7 Å². The first-order valence-electron chi connectivity index (χ1n) is 8.41. The first-order chi connectivity index (χ1) is 12.3. The smallest absolute Gasteiger partial charge is 0.253 e. The average Bonchev–Trinajstić information content (AvgIpc) is 2.61. The molecule has 1 amide bonds. The Kier molecular flexibility index (Phi) is 5.11. The van der Waals surface area contributed by atoms with Gasteiger partial charge in [0, 0.05) is 31.7 Å². The molecule has 0 saturated carbocycles. The Morgan fingerprint density at radius 2 is 1.46 bits per heavy atom. The molecule has 0 aliphatic carbocycles. The maximum Gasteiger partial charge on any atom is 0.253 e. The van der Waals surface area contributed by atoms with Crippen LogP contribution >= 0.6 is 0 Å². The van der Waals surface area contributed by atoms with E-state index < -0.39 is 15.8 Å². The van der Waals surface area contributed by atoms with Gasteiger partial charge in [-0.2, -0.15) is 4.31 Å². The van der Waals surface area contributed by atoms with Gasteiger partial charge in [0.2, 0.25) is 10.0 Å². The molecule has 26 heavy (non-hydrogen) atoms. The van der Waals surface area contributed by atoms with Gasteiger partial charge in [-0.3, -0.25) is 4.79 Å². The van der Waals surface area contributed by atoms with Gasteiger partial charge in [-0.05, 0) is 50.2 Å². The Bertz CT molecular complexity index is 898. The molecule has 3 rings (SSSR count). The summed E-state index contributed by atoms with van der Waals surface area (Å²) >= 11 is 0. The molecule has 7 heteroatoms. The molecule has 0 unspecified atom stereocenters. The molecule has 1 aliphatic rings. The molecule has 1 aliphatic heterocycles. The van der Waals surface area contributed by atoms with E-state index in [1.807, 2.05) is 32.0 Å². The number of sulfonamides is 1. The third kappa shape index (κ3) is 3.78. The van der Waals surface area contributed by atoms with E-state index in [4.69, 9.17) is 0 Å². The second-order valence-corrected chi connectivity index (χ2v) is 8.46. The van der Waals surface area contributed by atoms with E-state index in [-0.39, 0.29) is 23.9 Å². The summed E-state index contributed by atoms with van der Waals surface area (Å²) in [6.07, 6.45) is 0. The molecule has 2 aromatic rings. The number of rotatable bonds is 3. The highest BCUT2D eigenvalue weighted by molar-refractivity contribution is 7.89. The molecule has 1 heterocycles. The fraction of sp³-hybridized carbons (Fsp3) is 0.316. The van der Waals surface area contributed by atoms with E-state index in [9.17, 15) is 17.6 Å². The van der Waals surface area contributed by atoms with Crippen LogP contribution in [0.25, 0.3) is 0 Å². The highest BCUT2D eigenvalue weighted by atomic mass is 32.2. The summed E-state index contributed by atoms with van der Waals surface area (Å²) in [5, 5.41) is 0. The largest absolute Gasteiger partial charge is 0.336 e. The fourth-order valence-corrected chi connectivity index (χ4v) is 4.59. The Morgan fingerprint density at radius 3 is 2.00 bits per heavy atom. The van der Waals surface area contributed by atoms with Crippen molar-refractivity contribution in [3.8, 4) is 0 Å². The number of nitrogens with zero attached hydrogens (tertiary/aromatic N) is 2. The Hall–Kier alpha value is -2.25. The van der Waals surface area contributed by atoms with Gasteiger partial charge in [0.25, 0.3) is 5.91 Å². The summed E-state index contributed by atoms with van der Waals surface area (Å²) < 4.78 is 39.6. The molecule has 0 N–H and O–H groups in total. The number of hydrogen-bond donors (Lipinski definition) is 0. The minimum absolute atomic E-state index is 0.0629. The highest BCUT2D eigenvalue weighted by Crippen LogP contribution is 2.19. The monoisotopic (exact) mass is 376 g/mol. The minimum atomic E-state index is -3.68. The lowest BCUT2D eigenvalue weighted by Gasteiger charge is -2.34. The molecule has 1 saturated heterocycles. The molecule has 0 radical (unpaired) electrons. The molecule has 0 bridgehead atoms. The molecule has 138 valence electrons. The lowest BCUT2D eigenvalue weighted by Crippen LogP contribution is -2.50. The van der Waals surface area contributed by atoms with Gasteiger partial charge in [-0.25, -0.2) is 12.8 Å². The quantitative estimate of drug-likeness (QED) is 0.827. The van der Waals surface area contributed by atoms with E-state index in [2.05, 4.69) is 0 Å². The zero-order valence-corrected chi connectivity index (χ0v) is 15.6. The van der Waals surface area contributed by atoms with Crippen LogP contribution in [0.2, 0.25) is 0 Å². The van der Waals surface area contributed by atoms with Gasteiger partial charge in [0.15, 0.2) is 0 Å². The predicted octanol–water partition coefficient (Wildman–Crippen LogP) is 2.59. The number of carbonyl (C=O) groups excluding carboxylic acids is 1. The van der Waals surface area contributed by atoms with Crippen molar-refractivity contribution >= 4 is 15.9 Å². The number of amides is 1. The van der Waals surface area contributed by atoms with Crippen molar-refractivity contribution in [1.82, 2.24) is 9.21 Å². The maximum atomic E-state index is 13.0. The standard InChI is InChI=1S/C19H21FN2O3S/c1-14-11-15(2)13-16(12-14)19(23)21-7-9-22(10-8-21)26(24,25)18-5-3-17(20)4-6-18/h3-6,11-13H,7-10H2,1-2H3. The van der Waals surface area contributed by atoms with Crippen LogP contribution in [-0.2, 0) is 10.0 Å². The minimum Gasteiger partial charge on any atom is -0.336 e. The van der Waals surface area contributed by atoms with Crippen LogP contribution in [0.4, 0.5) is 4.39 Å². The zero-order chi connectivity index (χ0) is 18.9. The lowest BCUT2D eigenvalue weighted by molar-refractivity contribution is 0.0697. The molecular weight excluding hydrogens is 355 g/mol. The van der Waals surface area contributed by atoms with Gasteiger partial charge in [-0.15, -0.1) is 0 Å². The second kappa shape index (κ2) is 7.17. The van der Waals surface area contributed by atoms with Crippen molar-refractivity contribution in [2.75, 3.05) is 26.2 Å². The van der Waals surface area contributed by atoms with E-state index in [1.165, 1.54) is 16.4 Å². The van der Waals surface area contributed by atoms with Crippen LogP contribution in [0.3, 0.4) is 0 Å². The number of benzene rings is 2. The Morgan fingerprint density at radius 1 is 0.923 bits per heavy atom. The lowest BCUT2D eigenvalue weighted by atomic mass is 10.1. The summed E-state index contributed by atoms with van der Waals surface area (Å²) in [4.78, 5) is 14.4. The number of piperazine rings is 1. The summed E-state index contributed by atoms with van der Waals surface area (Å²) in [7, 11) is -3.68. The van der Waals surface area contributed by atoms with Crippen LogP contribution in [0, 0.1) is 19.7 Å². The highest BCUT2D eigenvalue weighted by Gasteiger charge is 2.30. The summed E-state index contributed by atoms with van der Waals surface area (Å²) in [5.41, 5.74) is 2.66. The molecule has 0 atom stereocenters. The number of aryl methyl sites for hydroxylation is 2. The second-order valence-electron chi connectivity index (χ2n) is 6.53. The van der Waals surface area contributed by atoms with Gasteiger partial charge in [-0.1, -0.05) is 17.2 Å². The van der Waals surface area contributed by atoms with Crippen LogP contribution in [0.15, 0.2) is 47.4 Å². The van der Waals surface area contributed by atoms with Crippen molar-refractivity contribution in [2.45, 2.75) is 18.7 Å². The van der Waals surface area contributed by atoms with Crippen molar-refractivity contribution in [3.63, 3.8) is 0 Å². The normalized spacial score (nSPS) is 15.9. The Balaban J connectivity index is 1.70. The molecule has 1 fully saturated rings. The van der Waals surface area contributed by atoms with Gasteiger partial charge < -0.3 is 4.90 Å². The fourth-order valence-electron chi connectivity index (χ4n) is 3.17. The van der Waals surface area contributed by atoms with Crippen molar-refractivity contribution in [2.24, 2.45) is 0 Å². The predicted molar refractivity (Wildman–Crippen MR) is 97.0 cm³/mol. The van der Waals surface area contributed by atoms with Crippen molar-refractivity contribution in [3.05, 3.63) is 65.0 Å². The first kappa shape index (κ1) is 18.5. The molecule has 0 aromatic heterocycles. The van der Waals surface area contributed by atoms with Crippen LogP contribution in [0.5, 0.6) is 0 Å². The van der Waals surface area contributed by atoms with Gasteiger partial charge >= 0.3 is 0 Å². The maximum absolute atomic E-state index is 13.0. The molecule has 5 nitrogen and oxygen atoms in total. The third-order valence-corrected chi connectivity index (χ3v) is 6.36. The van der Waals surface area contributed by atoms with Crippen molar-refractivity contribution in [1.29, 1.82) is 0 Å². The summed E-state index contributed by atoms with van der Waals surface area (Å²) in [6, 6.07) is 10.5. The topological polar surface area (TPSA) is 57.7 Å². The zero-order valence-electron chi connectivity index (χ0n) is 14.8.